The summed E-state index contributed by atoms with van der Waals surface area (Å²) in [6.07, 6.45) is 0. The van der Waals surface area contributed by atoms with Gasteiger partial charge in [0, 0.05) is 13.6 Å². The lowest BCUT2D eigenvalue weighted by Gasteiger charge is -2.16. The smallest absolute Gasteiger partial charge is 0.374 e. The Bertz CT molecular complexity index is 1190. The van der Waals surface area contributed by atoms with Crippen LogP contribution in [0.15, 0.2) is 31.2 Å². The topological polar surface area (TPSA) is 187 Å². The van der Waals surface area contributed by atoms with Gasteiger partial charge < -0.3 is 14.9 Å². The Balaban J connectivity index is 2.28. The number of furan rings is 1. The maximum Gasteiger partial charge on any atom is 0.374 e. The number of carbonyl (C=O) groups is 2. The second-order valence-electron chi connectivity index (χ2n) is 6.57. The SMILES string of the molecule is CC(C)Cn1c(N)c(C(=O)COC(=O)c2ccc(S(N)(=O)=O)o2)c(=O)n(C)c1=O. The van der Waals surface area contributed by atoms with E-state index in [2.05, 4.69) is 0 Å². The number of nitrogen functional groups attached to an aromatic ring is 1. The van der Waals surface area contributed by atoms with E-state index in [0.29, 0.717) is 0 Å². The molecule has 0 unspecified atom stereocenters. The van der Waals surface area contributed by atoms with Gasteiger partial charge in [-0.3, -0.25) is 18.7 Å². The Morgan fingerprint density at radius 1 is 1.24 bits per heavy atom. The lowest BCUT2D eigenvalue weighted by molar-refractivity contribution is 0.0438. The predicted molar refractivity (Wildman–Crippen MR) is 99.9 cm³/mol. The number of anilines is 1. The summed E-state index contributed by atoms with van der Waals surface area (Å²) in [6.45, 7) is 2.92. The summed E-state index contributed by atoms with van der Waals surface area (Å²) in [7, 11) is -2.96. The summed E-state index contributed by atoms with van der Waals surface area (Å²) in [5.41, 5.74) is 3.76. The number of sulfonamides is 1. The first kappa shape index (κ1) is 22.1. The normalized spacial score (nSPS) is 11.6. The molecule has 0 saturated carbocycles. The molecule has 0 aliphatic carbocycles. The number of ketones is 1. The predicted octanol–water partition coefficient (Wildman–Crippen LogP) is -0.935. The third-order valence-corrected chi connectivity index (χ3v) is 4.59. The maximum atomic E-state index is 12.5. The van der Waals surface area contributed by atoms with E-state index in [1.807, 2.05) is 13.8 Å². The van der Waals surface area contributed by atoms with Crippen LogP contribution in [-0.4, -0.2) is 35.9 Å². The third kappa shape index (κ3) is 4.63. The molecular formula is C16H20N4O8S. The third-order valence-electron chi connectivity index (χ3n) is 3.81. The highest BCUT2D eigenvalue weighted by molar-refractivity contribution is 7.89. The van der Waals surface area contributed by atoms with Crippen LogP contribution in [0.25, 0.3) is 0 Å². The van der Waals surface area contributed by atoms with E-state index in [1.54, 1.807) is 0 Å². The molecule has 2 aromatic rings. The van der Waals surface area contributed by atoms with Crippen molar-refractivity contribution in [3.8, 4) is 0 Å². The number of ether oxygens (including phenoxy) is 1. The van der Waals surface area contributed by atoms with Crippen LogP contribution in [0.2, 0.25) is 0 Å². The number of aromatic nitrogens is 2. The van der Waals surface area contributed by atoms with Gasteiger partial charge in [-0.15, -0.1) is 0 Å². The number of hydrogen-bond acceptors (Lipinski definition) is 9. The van der Waals surface area contributed by atoms with Crippen molar-refractivity contribution in [3.05, 3.63) is 44.3 Å². The van der Waals surface area contributed by atoms with Gasteiger partial charge in [0.2, 0.25) is 16.6 Å². The fourth-order valence-electron chi connectivity index (χ4n) is 2.44. The maximum absolute atomic E-state index is 12.5. The fourth-order valence-corrected chi connectivity index (χ4v) is 2.91. The molecule has 0 aliphatic heterocycles. The first-order valence-electron chi connectivity index (χ1n) is 8.26. The van der Waals surface area contributed by atoms with E-state index in [0.717, 1.165) is 21.3 Å². The van der Waals surface area contributed by atoms with Crippen molar-refractivity contribution in [2.75, 3.05) is 12.3 Å². The van der Waals surface area contributed by atoms with Gasteiger partial charge in [-0.05, 0) is 18.1 Å². The Hall–Kier alpha value is -3.19. The Labute approximate surface area is 164 Å². The average molecular weight is 428 g/mol. The molecule has 0 spiro atoms. The summed E-state index contributed by atoms with van der Waals surface area (Å²) in [5, 5.41) is 4.21. The molecule has 0 atom stereocenters. The van der Waals surface area contributed by atoms with Gasteiger partial charge >= 0.3 is 11.7 Å². The zero-order valence-electron chi connectivity index (χ0n) is 15.9. The zero-order valence-corrected chi connectivity index (χ0v) is 16.7. The molecule has 0 radical (unpaired) electrons. The van der Waals surface area contributed by atoms with E-state index in [4.69, 9.17) is 20.0 Å². The van der Waals surface area contributed by atoms with Crippen molar-refractivity contribution in [2.45, 2.75) is 25.5 Å². The van der Waals surface area contributed by atoms with Crippen LogP contribution in [0.5, 0.6) is 0 Å². The van der Waals surface area contributed by atoms with Crippen LogP contribution in [0, 0.1) is 5.92 Å². The minimum atomic E-state index is -4.16. The first-order valence-corrected chi connectivity index (χ1v) is 9.81. The standard InChI is InChI=1S/C16H20N4O8S/c1-8(2)6-20-13(17)12(14(22)19(3)16(20)24)9(21)7-27-15(23)10-4-5-11(28-10)29(18,25)26/h4-5,8H,6-7,17H2,1-3H3,(H2,18,25,26). The zero-order chi connectivity index (χ0) is 22.1. The van der Waals surface area contributed by atoms with Crippen LogP contribution in [0.4, 0.5) is 5.82 Å². The van der Waals surface area contributed by atoms with Gasteiger partial charge in [-0.25, -0.2) is 23.1 Å². The van der Waals surface area contributed by atoms with Crippen molar-refractivity contribution in [1.82, 2.24) is 9.13 Å². The van der Waals surface area contributed by atoms with Gasteiger partial charge in [-0.1, -0.05) is 13.8 Å². The second-order valence-corrected chi connectivity index (χ2v) is 8.07. The van der Waals surface area contributed by atoms with Crippen LogP contribution in [-0.2, 0) is 28.4 Å². The van der Waals surface area contributed by atoms with E-state index in [1.165, 1.54) is 7.05 Å². The van der Waals surface area contributed by atoms with Crippen LogP contribution < -0.4 is 22.1 Å². The van der Waals surface area contributed by atoms with E-state index in [-0.39, 0.29) is 18.3 Å². The van der Waals surface area contributed by atoms with Crippen molar-refractivity contribution in [1.29, 1.82) is 0 Å². The van der Waals surface area contributed by atoms with Crippen LogP contribution >= 0.6 is 0 Å². The summed E-state index contributed by atoms with van der Waals surface area (Å²) >= 11 is 0. The van der Waals surface area contributed by atoms with Crippen molar-refractivity contribution in [3.63, 3.8) is 0 Å². The highest BCUT2D eigenvalue weighted by Gasteiger charge is 2.24. The molecule has 2 aromatic heterocycles. The fraction of sp³-hybridized carbons (Fsp3) is 0.375. The van der Waals surface area contributed by atoms with Crippen molar-refractivity contribution < 1.29 is 27.2 Å². The number of nitrogens with two attached hydrogens (primary N) is 2. The Morgan fingerprint density at radius 2 is 1.86 bits per heavy atom. The van der Waals surface area contributed by atoms with Crippen LogP contribution in [0.1, 0.15) is 34.8 Å². The molecule has 0 saturated heterocycles. The number of nitrogens with zero attached hydrogens (tertiary/aromatic N) is 2. The number of esters is 1. The molecule has 2 rings (SSSR count). The van der Waals surface area contributed by atoms with Crippen LogP contribution in [0.3, 0.4) is 0 Å². The van der Waals surface area contributed by atoms with Gasteiger partial charge in [0.05, 0.1) is 0 Å². The molecule has 0 bridgehead atoms. The summed E-state index contributed by atoms with van der Waals surface area (Å²) in [5.74, 6) is -2.93. The van der Waals surface area contributed by atoms with Crippen molar-refractivity contribution >= 4 is 27.6 Å². The molecule has 13 heteroatoms. The number of primary sulfonamides is 1. The van der Waals surface area contributed by atoms with Gasteiger partial charge in [0.15, 0.2) is 6.61 Å². The van der Waals surface area contributed by atoms with E-state index in [9.17, 15) is 27.6 Å². The summed E-state index contributed by atoms with van der Waals surface area (Å²) < 4.78 is 33.7. The number of hydrogen-bond donors (Lipinski definition) is 2. The van der Waals surface area contributed by atoms with E-state index < -0.39 is 56.0 Å². The Kier molecular flexibility index (Phi) is 6.13. The molecule has 12 nitrogen and oxygen atoms in total. The molecule has 0 fully saturated rings. The molecular weight excluding hydrogens is 408 g/mol. The second kappa shape index (κ2) is 8.05. The molecule has 2 heterocycles. The lowest BCUT2D eigenvalue weighted by Crippen LogP contribution is -2.43. The molecule has 0 aliphatic rings. The van der Waals surface area contributed by atoms with Gasteiger partial charge in [-0.2, -0.15) is 0 Å². The van der Waals surface area contributed by atoms with Crippen molar-refractivity contribution in [2.24, 2.45) is 18.1 Å². The van der Waals surface area contributed by atoms with Gasteiger partial charge in [0.25, 0.3) is 15.6 Å². The minimum Gasteiger partial charge on any atom is -0.451 e. The quantitative estimate of drug-likeness (QED) is 0.414. The number of rotatable bonds is 7. The minimum absolute atomic E-state index is 0.000235. The highest BCUT2D eigenvalue weighted by Crippen LogP contribution is 2.14. The highest BCUT2D eigenvalue weighted by atomic mass is 32.2. The van der Waals surface area contributed by atoms with Gasteiger partial charge in [0.1, 0.15) is 11.4 Å². The largest absolute Gasteiger partial charge is 0.451 e. The first-order chi connectivity index (χ1) is 13.3. The van der Waals surface area contributed by atoms with E-state index >= 15 is 0 Å². The average Bonchev–Trinajstić information content (AvgIpc) is 3.12. The molecule has 158 valence electrons. The lowest BCUT2D eigenvalue weighted by atomic mass is 10.1. The number of carbonyl (C=O) groups excluding carboxylic acids is 2. The summed E-state index contributed by atoms with van der Waals surface area (Å²) in [6, 6.07) is 1.95. The Morgan fingerprint density at radius 3 is 2.38 bits per heavy atom. The number of Topliss-reactive ketones (excluding diaryl/α,β-unsaturated/α-hetero) is 1. The molecule has 0 aromatic carbocycles. The molecule has 29 heavy (non-hydrogen) atoms. The molecule has 0 amide bonds. The molecule has 4 N–H and O–H groups in total. The summed E-state index contributed by atoms with van der Waals surface area (Å²) in [4.78, 5) is 49.0. The monoisotopic (exact) mass is 428 g/mol.